The van der Waals surface area contributed by atoms with Crippen molar-refractivity contribution in [2.45, 2.75) is 102 Å². The van der Waals surface area contributed by atoms with Crippen LogP contribution in [0.3, 0.4) is 0 Å². The lowest BCUT2D eigenvalue weighted by atomic mass is 9.97. The van der Waals surface area contributed by atoms with E-state index in [9.17, 15) is 14.7 Å². The van der Waals surface area contributed by atoms with Crippen LogP contribution in [0.2, 0.25) is 0 Å². The third-order valence-electron chi connectivity index (χ3n) is 10.7. The Morgan fingerprint density at radius 3 is 2.35 bits per heavy atom. The zero-order valence-corrected chi connectivity index (χ0v) is 30.2. The molecule has 3 heterocycles. The molecule has 4 atom stereocenters. The third kappa shape index (κ3) is 10.7. The summed E-state index contributed by atoms with van der Waals surface area (Å²) in [6.07, 6.45) is 8.40. The largest absolute Gasteiger partial charge is 0.392 e. The Balaban J connectivity index is 1.10. The molecule has 3 aromatic carbocycles. The molecule has 3 saturated heterocycles. The number of rotatable bonds is 16. The van der Waals surface area contributed by atoms with Crippen molar-refractivity contribution in [3.63, 3.8) is 0 Å². The zero-order valence-electron chi connectivity index (χ0n) is 30.2. The number of carbonyl (C=O) groups excluding carboxylic acids is 2. The highest BCUT2D eigenvalue weighted by atomic mass is 16.7. The fraction of sp³-hybridized carbons (Fsp3) is 0.524. The SMILES string of the molecule is CC(=O)NCCCCCC(=O)NCc1ccccc1-c1ccc([C@@H]2O[C@H](CN3CCC[C@H]3CN3CCCC3)C[C@H](c3ccc(CO)cc3)O2)cc1. The lowest BCUT2D eigenvalue weighted by Crippen LogP contribution is -2.45. The van der Waals surface area contributed by atoms with E-state index in [1.54, 1.807) is 0 Å². The molecule has 0 radical (unpaired) electrons. The normalized spacial score (nSPS) is 22.6. The summed E-state index contributed by atoms with van der Waals surface area (Å²) in [6.45, 7) is 8.29. The Morgan fingerprint density at radius 1 is 0.824 bits per heavy atom. The van der Waals surface area contributed by atoms with E-state index in [1.165, 1.54) is 45.7 Å². The summed E-state index contributed by atoms with van der Waals surface area (Å²) in [5.41, 5.74) is 6.22. The Bertz CT molecular complexity index is 1540. The molecule has 0 unspecified atom stereocenters. The van der Waals surface area contributed by atoms with Gasteiger partial charge in [0.2, 0.25) is 11.8 Å². The number of ether oxygens (including phenoxy) is 2. The highest BCUT2D eigenvalue weighted by molar-refractivity contribution is 5.76. The molecule has 2 amide bonds. The minimum Gasteiger partial charge on any atom is -0.392 e. The van der Waals surface area contributed by atoms with Gasteiger partial charge in [-0.25, -0.2) is 0 Å². The van der Waals surface area contributed by atoms with Gasteiger partial charge in [-0.15, -0.1) is 0 Å². The van der Waals surface area contributed by atoms with E-state index < -0.39 is 6.29 Å². The summed E-state index contributed by atoms with van der Waals surface area (Å²) in [7, 11) is 0. The van der Waals surface area contributed by atoms with Gasteiger partial charge in [0.25, 0.3) is 0 Å². The van der Waals surface area contributed by atoms with E-state index in [0.717, 1.165) is 78.7 Å². The van der Waals surface area contributed by atoms with Crippen molar-refractivity contribution < 1.29 is 24.2 Å². The number of benzene rings is 3. The third-order valence-corrected chi connectivity index (χ3v) is 10.7. The molecule has 6 rings (SSSR count). The predicted octanol–water partition coefficient (Wildman–Crippen LogP) is 6.26. The first-order chi connectivity index (χ1) is 24.9. The average molecular weight is 697 g/mol. The number of hydrogen-bond acceptors (Lipinski definition) is 7. The molecule has 3 aromatic rings. The number of likely N-dealkylation sites (tertiary alicyclic amines) is 2. The number of aliphatic hydroxyl groups is 1. The monoisotopic (exact) mass is 696 g/mol. The van der Waals surface area contributed by atoms with Crippen molar-refractivity contribution in [2.75, 3.05) is 39.3 Å². The number of aliphatic hydroxyl groups excluding tert-OH is 1. The first-order valence-electron chi connectivity index (χ1n) is 19.1. The summed E-state index contributed by atoms with van der Waals surface area (Å²) in [5.74, 6) is 0.0207. The van der Waals surface area contributed by atoms with Gasteiger partial charge >= 0.3 is 0 Å². The highest BCUT2D eigenvalue weighted by Crippen LogP contribution is 2.39. The molecule has 9 nitrogen and oxygen atoms in total. The van der Waals surface area contributed by atoms with Crippen LogP contribution in [-0.4, -0.2) is 78.1 Å². The maximum absolute atomic E-state index is 12.6. The topological polar surface area (TPSA) is 103 Å². The predicted molar refractivity (Wildman–Crippen MR) is 200 cm³/mol. The second kappa shape index (κ2) is 18.8. The smallest absolute Gasteiger partial charge is 0.220 e. The van der Waals surface area contributed by atoms with Crippen molar-refractivity contribution in [3.05, 3.63) is 95.1 Å². The van der Waals surface area contributed by atoms with Crippen LogP contribution < -0.4 is 10.6 Å². The molecule has 3 fully saturated rings. The van der Waals surface area contributed by atoms with Crippen molar-refractivity contribution in [1.82, 2.24) is 20.4 Å². The fourth-order valence-electron chi connectivity index (χ4n) is 7.81. The van der Waals surface area contributed by atoms with Gasteiger partial charge in [-0.2, -0.15) is 0 Å². The van der Waals surface area contributed by atoms with E-state index >= 15 is 0 Å². The maximum Gasteiger partial charge on any atom is 0.220 e. The quantitative estimate of drug-likeness (QED) is 0.152. The maximum atomic E-state index is 12.6. The number of unbranched alkanes of at least 4 members (excludes halogenated alkanes) is 2. The summed E-state index contributed by atoms with van der Waals surface area (Å²) >= 11 is 0. The molecule has 51 heavy (non-hydrogen) atoms. The van der Waals surface area contributed by atoms with Crippen LogP contribution >= 0.6 is 0 Å². The molecular weight excluding hydrogens is 640 g/mol. The van der Waals surface area contributed by atoms with Crippen LogP contribution in [0, 0.1) is 0 Å². The summed E-state index contributed by atoms with van der Waals surface area (Å²) in [6, 6.07) is 25.4. The van der Waals surface area contributed by atoms with Crippen LogP contribution in [0.15, 0.2) is 72.8 Å². The molecule has 3 aliphatic heterocycles. The molecule has 0 spiro atoms. The van der Waals surface area contributed by atoms with Gasteiger partial charge in [0, 0.05) is 57.5 Å². The zero-order chi connectivity index (χ0) is 35.4. The molecule has 0 aromatic heterocycles. The van der Waals surface area contributed by atoms with Crippen LogP contribution in [0.1, 0.15) is 99.4 Å². The summed E-state index contributed by atoms with van der Waals surface area (Å²) in [4.78, 5) is 28.9. The van der Waals surface area contributed by atoms with Gasteiger partial charge in [-0.1, -0.05) is 79.2 Å². The molecule has 0 aliphatic carbocycles. The van der Waals surface area contributed by atoms with Crippen molar-refractivity contribution in [3.8, 4) is 11.1 Å². The van der Waals surface area contributed by atoms with Gasteiger partial charge in [0.1, 0.15) is 0 Å². The van der Waals surface area contributed by atoms with Crippen LogP contribution in [-0.2, 0) is 32.2 Å². The highest BCUT2D eigenvalue weighted by Gasteiger charge is 2.36. The van der Waals surface area contributed by atoms with Gasteiger partial charge in [0.15, 0.2) is 6.29 Å². The summed E-state index contributed by atoms with van der Waals surface area (Å²) in [5, 5.41) is 15.5. The Labute approximate surface area is 303 Å². The Morgan fingerprint density at radius 2 is 1.59 bits per heavy atom. The Kier molecular flexibility index (Phi) is 13.7. The van der Waals surface area contributed by atoms with Gasteiger partial charge < -0.3 is 30.1 Å². The lowest BCUT2D eigenvalue weighted by Gasteiger charge is -2.39. The second-order valence-corrected chi connectivity index (χ2v) is 14.5. The molecule has 3 aliphatic rings. The lowest BCUT2D eigenvalue weighted by molar-refractivity contribution is -0.253. The molecular formula is C42H56N4O5. The van der Waals surface area contributed by atoms with Crippen molar-refractivity contribution in [2.24, 2.45) is 0 Å². The number of carbonyl (C=O) groups is 2. The van der Waals surface area contributed by atoms with Gasteiger partial charge in [0.05, 0.1) is 18.8 Å². The van der Waals surface area contributed by atoms with Crippen LogP contribution in [0.4, 0.5) is 0 Å². The number of nitrogens with one attached hydrogen (secondary N) is 2. The van der Waals surface area contributed by atoms with Crippen LogP contribution in [0.25, 0.3) is 11.1 Å². The van der Waals surface area contributed by atoms with Gasteiger partial charge in [-0.3, -0.25) is 14.5 Å². The first-order valence-corrected chi connectivity index (χ1v) is 19.1. The second-order valence-electron chi connectivity index (χ2n) is 14.5. The molecule has 9 heteroatoms. The van der Waals surface area contributed by atoms with Crippen molar-refractivity contribution in [1.29, 1.82) is 0 Å². The van der Waals surface area contributed by atoms with Crippen LogP contribution in [0.5, 0.6) is 0 Å². The molecule has 3 N–H and O–H groups in total. The van der Waals surface area contributed by atoms with E-state index in [2.05, 4.69) is 69.0 Å². The minimum atomic E-state index is -0.493. The molecule has 274 valence electrons. The van der Waals surface area contributed by atoms with E-state index in [4.69, 9.17) is 9.47 Å². The first kappa shape index (κ1) is 37.2. The standard InChI is InChI=1S/C42H56N4O5/c1-31(48)43-22-6-2-3-13-41(49)44-27-36-10-4-5-12-39(36)33-18-20-35(21-19-33)42-50-38(26-40(51-42)34-16-14-32(30-47)15-17-34)29-46-25-9-11-37(46)28-45-23-7-8-24-45/h4-5,10,12,14-21,37-38,40,42,47H,2-3,6-9,11,13,22-30H2,1H3,(H,43,48)(H,44,49)/t37-,38-,40+,42+/m0/s1. The number of amides is 2. The fourth-order valence-corrected chi connectivity index (χ4v) is 7.81. The van der Waals surface area contributed by atoms with E-state index in [0.29, 0.717) is 25.6 Å². The molecule has 0 saturated carbocycles. The average Bonchev–Trinajstić information content (AvgIpc) is 3.84. The number of hydrogen-bond donors (Lipinski definition) is 3. The van der Waals surface area contributed by atoms with E-state index in [1.807, 2.05) is 24.3 Å². The minimum absolute atomic E-state index is 0.0188. The summed E-state index contributed by atoms with van der Waals surface area (Å²) < 4.78 is 13.4. The molecule has 0 bridgehead atoms. The van der Waals surface area contributed by atoms with Crippen molar-refractivity contribution >= 4 is 11.8 Å². The van der Waals surface area contributed by atoms with Gasteiger partial charge in [-0.05, 0) is 86.0 Å². The Hall–Kier alpha value is -3.60. The number of nitrogens with zero attached hydrogens (tertiary/aromatic N) is 2. The van der Waals surface area contributed by atoms with E-state index in [-0.39, 0.29) is 30.6 Å².